The fourth-order valence-corrected chi connectivity index (χ4v) is 5.07. The number of nitrogens with zero attached hydrogens (tertiary/aromatic N) is 1. The lowest BCUT2D eigenvalue weighted by atomic mass is 10.2. The monoisotopic (exact) mass is 432 g/mol. The van der Waals surface area contributed by atoms with Gasteiger partial charge in [-0.2, -0.15) is 4.31 Å². The van der Waals surface area contributed by atoms with E-state index in [1.807, 2.05) is 24.3 Å². The molecule has 0 saturated carbocycles. The van der Waals surface area contributed by atoms with Gasteiger partial charge in [0.05, 0.1) is 7.11 Å². The topological polar surface area (TPSA) is 84.9 Å². The first-order valence-electron chi connectivity index (χ1n) is 10.1. The smallest absolute Gasteiger partial charge is 0.262 e. The van der Waals surface area contributed by atoms with E-state index in [0.717, 1.165) is 25.7 Å². The summed E-state index contributed by atoms with van der Waals surface area (Å²) < 4.78 is 38.4. The number of hydrogen-bond donors (Lipinski definition) is 1. The number of ether oxygens (including phenoxy) is 2. The van der Waals surface area contributed by atoms with Crippen molar-refractivity contribution in [3.8, 4) is 11.5 Å². The Balaban J connectivity index is 1.69. The Morgan fingerprint density at radius 3 is 2.40 bits per heavy atom. The second kappa shape index (κ2) is 9.95. The molecule has 1 aliphatic heterocycles. The molecule has 8 heteroatoms. The summed E-state index contributed by atoms with van der Waals surface area (Å²) in [6.07, 6.45) is 3.64. The molecule has 0 spiro atoms. The Bertz CT molecular complexity index is 968. The van der Waals surface area contributed by atoms with E-state index in [1.54, 1.807) is 12.1 Å². The minimum atomic E-state index is -3.70. The van der Waals surface area contributed by atoms with Gasteiger partial charge in [-0.3, -0.25) is 4.79 Å². The lowest BCUT2D eigenvalue weighted by molar-refractivity contribution is -0.118. The standard InChI is InChI=1S/C22H28N2O5S/c1-3-17-7-10-19(11-8-17)29-16-22(25)23-18-9-12-20(28-2)21(15-18)30(26,27)24-13-5-4-6-14-24/h7-12,15H,3-6,13-14,16H2,1-2H3,(H,23,25). The van der Waals surface area contributed by atoms with Crippen LogP contribution in [0.4, 0.5) is 5.69 Å². The predicted octanol–water partition coefficient (Wildman–Crippen LogP) is 3.45. The van der Waals surface area contributed by atoms with Gasteiger partial charge in [0, 0.05) is 18.8 Å². The van der Waals surface area contributed by atoms with Crippen molar-refractivity contribution in [1.29, 1.82) is 0 Å². The number of rotatable bonds is 8. The summed E-state index contributed by atoms with van der Waals surface area (Å²) in [5, 5.41) is 2.70. The van der Waals surface area contributed by atoms with Gasteiger partial charge < -0.3 is 14.8 Å². The molecule has 1 saturated heterocycles. The SMILES string of the molecule is CCc1ccc(OCC(=O)Nc2ccc(OC)c(S(=O)(=O)N3CCCCC3)c2)cc1. The van der Waals surface area contributed by atoms with Crippen LogP contribution in [-0.2, 0) is 21.2 Å². The van der Waals surface area contributed by atoms with E-state index in [-0.39, 0.29) is 23.2 Å². The molecule has 0 aromatic heterocycles. The summed E-state index contributed by atoms with van der Waals surface area (Å²) in [5.41, 5.74) is 1.56. The molecule has 2 aromatic rings. The molecule has 0 atom stereocenters. The van der Waals surface area contributed by atoms with Crippen LogP contribution in [-0.4, -0.2) is 45.4 Å². The molecule has 1 amide bonds. The van der Waals surface area contributed by atoms with Crippen LogP contribution >= 0.6 is 0 Å². The Morgan fingerprint density at radius 1 is 1.07 bits per heavy atom. The molecule has 0 bridgehead atoms. The van der Waals surface area contributed by atoms with E-state index >= 15 is 0 Å². The minimum Gasteiger partial charge on any atom is -0.495 e. The molecule has 1 fully saturated rings. The van der Waals surface area contributed by atoms with Gasteiger partial charge in [-0.25, -0.2) is 8.42 Å². The molecular formula is C22H28N2O5S. The largest absolute Gasteiger partial charge is 0.495 e. The summed E-state index contributed by atoms with van der Waals surface area (Å²) in [6, 6.07) is 12.2. The van der Waals surface area contributed by atoms with Gasteiger partial charge in [-0.15, -0.1) is 0 Å². The van der Waals surface area contributed by atoms with Crippen molar-refractivity contribution in [2.45, 2.75) is 37.5 Å². The number of anilines is 1. The molecule has 0 radical (unpaired) electrons. The second-order valence-electron chi connectivity index (χ2n) is 7.16. The molecule has 1 N–H and O–H groups in total. The number of benzene rings is 2. The van der Waals surface area contributed by atoms with Crippen molar-refractivity contribution in [3.05, 3.63) is 48.0 Å². The van der Waals surface area contributed by atoms with Crippen LogP contribution < -0.4 is 14.8 Å². The lowest BCUT2D eigenvalue weighted by Gasteiger charge is -2.26. The Hall–Kier alpha value is -2.58. The van der Waals surface area contributed by atoms with E-state index in [2.05, 4.69) is 12.2 Å². The molecule has 0 aliphatic carbocycles. The maximum atomic E-state index is 13.1. The zero-order valence-corrected chi connectivity index (χ0v) is 18.2. The third kappa shape index (κ3) is 5.31. The second-order valence-corrected chi connectivity index (χ2v) is 9.07. The summed E-state index contributed by atoms with van der Waals surface area (Å²) in [6.45, 7) is 2.88. The Kier molecular flexibility index (Phi) is 7.33. The van der Waals surface area contributed by atoms with Crippen molar-refractivity contribution < 1.29 is 22.7 Å². The molecule has 30 heavy (non-hydrogen) atoms. The number of hydrogen-bond acceptors (Lipinski definition) is 5. The van der Waals surface area contributed by atoms with Crippen molar-refractivity contribution in [3.63, 3.8) is 0 Å². The van der Waals surface area contributed by atoms with Gasteiger partial charge >= 0.3 is 0 Å². The normalized spacial score (nSPS) is 14.9. The summed E-state index contributed by atoms with van der Waals surface area (Å²) in [5.74, 6) is 0.484. The molecule has 2 aromatic carbocycles. The predicted molar refractivity (Wildman–Crippen MR) is 116 cm³/mol. The fraction of sp³-hybridized carbons (Fsp3) is 0.409. The first kappa shape index (κ1) is 22.1. The first-order chi connectivity index (χ1) is 14.4. The zero-order chi connectivity index (χ0) is 21.6. The number of carbonyl (C=O) groups is 1. The highest BCUT2D eigenvalue weighted by Crippen LogP contribution is 2.31. The molecular weight excluding hydrogens is 404 g/mol. The van der Waals surface area contributed by atoms with Gasteiger partial charge in [0.1, 0.15) is 16.4 Å². The number of aryl methyl sites for hydroxylation is 1. The quantitative estimate of drug-likeness (QED) is 0.691. The molecule has 162 valence electrons. The number of amides is 1. The van der Waals surface area contributed by atoms with Crippen LogP contribution in [0.15, 0.2) is 47.4 Å². The Labute approximate surface area is 178 Å². The Morgan fingerprint density at radius 2 is 1.77 bits per heavy atom. The van der Waals surface area contributed by atoms with Crippen LogP contribution in [0.25, 0.3) is 0 Å². The minimum absolute atomic E-state index is 0.0563. The van der Waals surface area contributed by atoms with Crippen LogP contribution in [0.3, 0.4) is 0 Å². The maximum absolute atomic E-state index is 13.1. The summed E-state index contributed by atoms with van der Waals surface area (Å²) in [4.78, 5) is 12.4. The molecule has 1 heterocycles. The summed E-state index contributed by atoms with van der Waals surface area (Å²) in [7, 11) is -2.27. The third-order valence-corrected chi connectivity index (χ3v) is 7.00. The van der Waals surface area contributed by atoms with Gasteiger partial charge in [-0.1, -0.05) is 25.5 Å². The van der Waals surface area contributed by atoms with Gasteiger partial charge in [0.15, 0.2) is 6.61 Å². The van der Waals surface area contributed by atoms with Crippen molar-refractivity contribution >= 4 is 21.6 Å². The molecule has 1 aliphatic rings. The molecule has 3 rings (SSSR count). The highest BCUT2D eigenvalue weighted by molar-refractivity contribution is 7.89. The molecule has 0 unspecified atom stereocenters. The van der Waals surface area contributed by atoms with Crippen LogP contribution in [0.5, 0.6) is 11.5 Å². The highest BCUT2D eigenvalue weighted by Gasteiger charge is 2.29. The van der Waals surface area contributed by atoms with E-state index in [1.165, 1.54) is 23.0 Å². The number of methoxy groups -OCH3 is 1. The highest BCUT2D eigenvalue weighted by atomic mass is 32.2. The lowest BCUT2D eigenvalue weighted by Crippen LogP contribution is -2.35. The molecule has 7 nitrogen and oxygen atoms in total. The van der Waals surface area contributed by atoms with Crippen LogP contribution in [0.1, 0.15) is 31.7 Å². The fourth-order valence-electron chi connectivity index (χ4n) is 3.37. The van der Waals surface area contributed by atoms with Gasteiger partial charge in [0.2, 0.25) is 10.0 Å². The number of sulfonamides is 1. The van der Waals surface area contributed by atoms with Gasteiger partial charge in [0.25, 0.3) is 5.91 Å². The van der Waals surface area contributed by atoms with Gasteiger partial charge in [-0.05, 0) is 55.2 Å². The van der Waals surface area contributed by atoms with Crippen molar-refractivity contribution in [2.24, 2.45) is 0 Å². The van der Waals surface area contributed by atoms with E-state index in [9.17, 15) is 13.2 Å². The van der Waals surface area contributed by atoms with E-state index in [4.69, 9.17) is 9.47 Å². The number of piperidine rings is 1. The van der Waals surface area contributed by atoms with Crippen LogP contribution in [0.2, 0.25) is 0 Å². The number of carbonyl (C=O) groups excluding carboxylic acids is 1. The zero-order valence-electron chi connectivity index (χ0n) is 17.4. The summed E-state index contributed by atoms with van der Waals surface area (Å²) >= 11 is 0. The van der Waals surface area contributed by atoms with Crippen molar-refractivity contribution in [1.82, 2.24) is 4.31 Å². The van der Waals surface area contributed by atoms with Crippen molar-refractivity contribution in [2.75, 3.05) is 32.1 Å². The van der Waals surface area contributed by atoms with Crippen LogP contribution in [0, 0.1) is 0 Å². The average Bonchev–Trinajstić information content (AvgIpc) is 2.78. The average molecular weight is 433 g/mol. The number of nitrogens with one attached hydrogen (secondary N) is 1. The maximum Gasteiger partial charge on any atom is 0.262 e. The third-order valence-electron chi connectivity index (χ3n) is 5.08. The first-order valence-corrected chi connectivity index (χ1v) is 11.6. The van der Waals surface area contributed by atoms with E-state index < -0.39 is 10.0 Å². The van der Waals surface area contributed by atoms with E-state index in [0.29, 0.717) is 24.5 Å².